The van der Waals surface area contributed by atoms with Gasteiger partial charge < -0.3 is 14.6 Å². The number of aromatic nitrogens is 2. The van der Waals surface area contributed by atoms with Gasteiger partial charge in [-0.05, 0) is 12.1 Å². The minimum Gasteiger partial charge on any atom is -0.502 e. The highest BCUT2D eigenvalue weighted by Crippen LogP contribution is 2.36. The van der Waals surface area contributed by atoms with E-state index in [0.29, 0.717) is 11.3 Å². The molecule has 0 radical (unpaired) electrons. The summed E-state index contributed by atoms with van der Waals surface area (Å²) in [6.45, 7) is 0. The lowest BCUT2D eigenvalue weighted by atomic mass is 10.2. The molecule has 0 fully saturated rings. The molecule has 0 atom stereocenters. The molecule has 2 aromatic heterocycles. The number of carbonyl (C=O) groups is 1. The summed E-state index contributed by atoms with van der Waals surface area (Å²) in [6.07, 6.45) is 5.27. The first-order valence-corrected chi connectivity index (χ1v) is 8.16. The van der Waals surface area contributed by atoms with Crippen LogP contribution >= 0.6 is 11.3 Å². The van der Waals surface area contributed by atoms with Crippen LogP contribution in [0.15, 0.2) is 35.0 Å². The van der Waals surface area contributed by atoms with Crippen molar-refractivity contribution in [3.05, 3.63) is 41.2 Å². The van der Waals surface area contributed by atoms with E-state index in [-0.39, 0.29) is 29.6 Å². The van der Waals surface area contributed by atoms with Crippen molar-refractivity contribution in [2.24, 2.45) is 5.10 Å². The van der Waals surface area contributed by atoms with Gasteiger partial charge in [-0.25, -0.2) is 10.4 Å². The first-order valence-electron chi connectivity index (χ1n) is 7.28. The van der Waals surface area contributed by atoms with Gasteiger partial charge in [0.05, 0.1) is 32.5 Å². The number of rotatable bonds is 6. The number of aromatic hydroxyl groups is 1. The number of thiazole rings is 1. The summed E-state index contributed by atoms with van der Waals surface area (Å²) in [6, 6.07) is 3.16. The lowest BCUT2D eigenvalue weighted by Gasteiger charge is -2.09. The second kappa shape index (κ2) is 7.22. The van der Waals surface area contributed by atoms with Crippen LogP contribution in [0.2, 0.25) is 0 Å². The highest BCUT2D eigenvalue weighted by molar-refractivity contribution is 7.15. The second-order valence-electron chi connectivity index (χ2n) is 5.07. The van der Waals surface area contributed by atoms with E-state index < -0.39 is 0 Å². The maximum atomic E-state index is 11.9. The minimum atomic E-state index is -0.278. The Balaban J connectivity index is 1.64. The quantitative estimate of drug-likeness (QED) is 0.516. The van der Waals surface area contributed by atoms with Gasteiger partial charge in [-0.15, -0.1) is 11.3 Å². The fourth-order valence-corrected chi connectivity index (χ4v) is 2.95. The van der Waals surface area contributed by atoms with E-state index >= 15 is 0 Å². The Hall–Kier alpha value is -3.07. The summed E-state index contributed by atoms with van der Waals surface area (Å²) in [5.41, 5.74) is 3.73. The standard InChI is InChI=1S/C16H16N4O4S/c1-23-12-5-10(6-13(24-2)15(12)22)8-17-19-14(21)7-11-9-20-3-4-25-16(20)18-11/h3-6,8-9,22H,7H2,1-2H3,(H,19,21). The van der Waals surface area contributed by atoms with Crippen LogP contribution in [0.1, 0.15) is 11.3 Å². The van der Waals surface area contributed by atoms with Crippen molar-refractivity contribution < 1.29 is 19.4 Å². The maximum absolute atomic E-state index is 11.9. The van der Waals surface area contributed by atoms with E-state index in [1.165, 1.54) is 31.8 Å². The molecule has 8 nitrogen and oxygen atoms in total. The summed E-state index contributed by atoms with van der Waals surface area (Å²) in [4.78, 5) is 17.1. The lowest BCUT2D eigenvalue weighted by Crippen LogP contribution is -2.19. The van der Waals surface area contributed by atoms with E-state index in [1.54, 1.807) is 12.1 Å². The second-order valence-corrected chi connectivity index (χ2v) is 5.94. The number of carbonyl (C=O) groups excluding carboxylic acids is 1. The number of ether oxygens (including phenoxy) is 2. The Morgan fingerprint density at radius 1 is 1.40 bits per heavy atom. The van der Waals surface area contributed by atoms with E-state index in [2.05, 4.69) is 15.5 Å². The molecule has 3 aromatic rings. The molecule has 0 unspecified atom stereocenters. The Morgan fingerprint density at radius 3 is 2.76 bits per heavy atom. The van der Waals surface area contributed by atoms with Gasteiger partial charge in [0, 0.05) is 23.3 Å². The number of nitrogens with one attached hydrogen (secondary N) is 1. The van der Waals surface area contributed by atoms with Crippen molar-refractivity contribution in [2.75, 3.05) is 14.2 Å². The van der Waals surface area contributed by atoms with Crippen molar-refractivity contribution in [3.63, 3.8) is 0 Å². The molecule has 1 aromatic carbocycles. The smallest absolute Gasteiger partial charge is 0.246 e. The molecule has 130 valence electrons. The molecule has 2 heterocycles. The van der Waals surface area contributed by atoms with Crippen LogP contribution in [0.3, 0.4) is 0 Å². The van der Waals surface area contributed by atoms with Gasteiger partial charge in [0.1, 0.15) is 0 Å². The Bertz CT molecular complexity index is 878. The number of hydrogen-bond acceptors (Lipinski definition) is 7. The molecule has 25 heavy (non-hydrogen) atoms. The minimum absolute atomic E-state index is 0.0917. The number of amides is 1. The molecule has 1 amide bonds. The molecule has 2 N–H and O–H groups in total. The fourth-order valence-electron chi connectivity index (χ4n) is 2.23. The molecule has 0 aliphatic carbocycles. The highest BCUT2D eigenvalue weighted by atomic mass is 32.1. The van der Waals surface area contributed by atoms with Crippen LogP contribution in [0.25, 0.3) is 4.96 Å². The zero-order valence-electron chi connectivity index (χ0n) is 13.6. The molecule has 0 bridgehead atoms. The van der Waals surface area contributed by atoms with Gasteiger partial charge in [0.2, 0.25) is 11.7 Å². The van der Waals surface area contributed by atoms with Gasteiger partial charge in [0.25, 0.3) is 0 Å². The predicted octanol–water partition coefficient (Wildman–Crippen LogP) is 1.81. The van der Waals surface area contributed by atoms with Crippen molar-refractivity contribution in [1.82, 2.24) is 14.8 Å². The van der Waals surface area contributed by atoms with Crippen molar-refractivity contribution in [2.45, 2.75) is 6.42 Å². The fraction of sp³-hybridized carbons (Fsp3) is 0.188. The number of imidazole rings is 1. The average Bonchev–Trinajstić information content (AvgIpc) is 3.17. The number of hydrazone groups is 1. The topological polar surface area (TPSA) is 97.5 Å². The van der Waals surface area contributed by atoms with Crippen molar-refractivity contribution >= 4 is 28.4 Å². The zero-order chi connectivity index (χ0) is 17.8. The largest absolute Gasteiger partial charge is 0.502 e. The first kappa shape index (κ1) is 16.8. The number of fused-ring (bicyclic) bond motifs is 1. The molecular formula is C16H16N4O4S. The third kappa shape index (κ3) is 3.72. The number of phenols is 1. The Kier molecular flexibility index (Phi) is 4.85. The van der Waals surface area contributed by atoms with Gasteiger partial charge in [-0.2, -0.15) is 5.10 Å². The first-order chi connectivity index (χ1) is 12.1. The van der Waals surface area contributed by atoms with Crippen molar-refractivity contribution in [3.8, 4) is 17.2 Å². The monoisotopic (exact) mass is 360 g/mol. The van der Waals surface area contributed by atoms with Crippen LogP contribution in [-0.4, -0.2) is 40.8 Å². The van der Waals surface area contributed by atoms with Gasteiger partial charge in [-0.1, -0.05) is 0 Å². The molecule has 3 rings (SSSR count). The van der Waals surface area contributed by atoms with Crippen LogP contribution in [0.4, 0.5) is 0 Å². The molecule has 0 aliphatic heterocycles. The lowest BCUT2D eigenvalue weighted by molar-refractivity contribution is -0.120. The summed E-state index contributed by atoms with van der Waals surface area (Å²) in [5, 5.41) is 15.7. The summed E-state index contributed by atoms with van der Waals surface area (Å²) in [5.74, 6) is 0.140. The third-order valence-electron chi connectivity index (χ3n) is 3.39. The SMILES string of the molecule is COc1cc(C=NNC(=O)Cc2cn3ccsc3n2)cc(OC)c1O. The summed E-state index contributed by atoms with van der Waals surface area (Å²) >= 11 is 1.50. The van der Waals surface area contributed by atoms with Crippen LogP contribution in [0, 0.1) is 0 Å². The number of phenolic OH excluding ortho intramolecular Hbond substituents is 1. The molecule has 0 saturated heterocycles. The molecule has 0 saturated carbocycles. The van der Waals surface area contributed by atoms with Crippen molar-refractivity contribution in [1.29, 1.82) is 0 Å². The van der Waals surface area contributed by atoms with Crippen LogP contribution in [-0.2, 0) is 11.2 Å². The maximum Gasteiger partial charge on any atom is 0.246 e. The number of hydrogen-bond donors (Lipinski definition) is 2. The predicted molar refractivity (Wildman–Crippen MR) is 93.7 cm³/mol. The molecule has 9 heteroatoms. The van der Waals surface area contributed by atoms with E-state index in [4.69, 9.17) is 9.47 Å². The van der Waals surface area contributed by atoms with Gasteiger partial charge in [0.15, 0.2) is 16.5 Å². The Labute approximate surface area is 147 Å². The highest BCUT2D eigenvalue weighted by Gasteiger charge is 2.11. The molecule has 0 aliphatic rings. The zero-order valence-corrected chi connectivity index (χ0v) is 14.4. The van der Waals surface area contributed by atoms with Gasteiger partial charge >= 0.3 is 0 Å². The molecule has 0 spiro atoms. The molecular weight excluding hydrogens is 344 g/mol. The number of benzene rings is 1. The summed E-state index contributed by atoms with van der Waals surface area (Å²) in [7, 11) is 2.87. The third-order valence-corrected chi connectivity index (χ3v) is 4.16. The number of nitrogens with zero attached hydrogens (tertiary/aromatic N) is 3. The van der Waals surface area contributed by atoms with E-state index in [1.807, 2.05) is 22.2 Å². The normalized spacial score (nSPS) is 11.1. The van der Waals surface area contributed by atoms with E-state index in [0.717, 1.165) is 4.96 Å². The summed E-state index contributed by atoms with van der Waals surface area (Å²) < 4.78 is 12.0. The number of methoxy groups -OCH3 is 2. The van der Waals surface area contributed by atoms with Crippen LogP contribution in [0.5, 0.6) is 17.2 Å². The van der Waals surface area contributed by atoms with E-state index in [9.17, 15) is 9.90 Å². The van der Waals surface area contributed by atoms with Crippen LogP contribution < -0.4 is 14.9 Å². The average molecular weight is 360 g/mol. The van der Waals surface area contributed by atoms with Gasteiger partial charge in [-0.3, -0.25) is 9.20 Å². The Morgan fingerprint density at radius 2 is 2.12 bits per heavy atom.